The molecular formula is C87H42F21Ir3N6O3-3. The zero-order valence-electron chi connectivity index (χ0n) is 60.1. The van der Waals surface area contributed by atoms with Crippen molar-refractivity contribution in [2.24, 2.45) is 0 Å². The van der Waals surface area contributed by atoms with Gasteiger partial charge in [-0.05, 0) is 122 Å². The van der Waals surface area contributed by atoms with Crippen LogP contribution in [0.1, 0.15) is 50.1 Å². The molecule has 0 N–H and O–H groups in total. The molecule has 3 radical (unpaired) electrons. The number of nitrogens with zero attached hydrogens (tertiary/aromatic N) is 6. The summed E-state index contributed by atoms with van der Waals surface area (Å²) in [6.07, 6.45) is -38.5. The number of rotatable bonds is 6. The number of furan rings is 3. The predicted octanol–water partition coefficient (Wildman–Crippen LogP) is 27.7. The summed E-state index contributed by atoms with van der Waals surface area (Å²) in [5.41, 5.74) is -16.4. The molecule has 0 aliphatic heterocycles. The summed E-state index contributed by atoms with van der Waals surface area (Å²) >= 11 is 0. The molecule has 0 bridgehead atoms. The smallest absolute Gasteiger partial charge is 0.417 e. The first-order valence-electron chi connectivity index (χ1n) is 34.5. The van der Waals surface area contributed by atoms with Gasteiger partial charge in [0, 0.05) is 110 Å². The second-order valence-electron chi connectivity index (χ2n) is 26.9. The fourth-order valence-corrected chi connectivity index (χ4v) is 14.4. The average molecular weight is 2190 g/mol. The van der Waals surface area contributed by atoms with E-state index in [1.807, 2.05) is 36.4 Å². The minimum Gasteiger partial charge on any atom is -0.518 e. The molecule has 9 nitrogen and oxygen atoms in total. The molecule has 0 saturated carbocycles. The standard InChI is InChI=1S/C29H12F9N2O.2C29H15F6N2O.3Ir/c30-27(31,32)20-10-9-17(23(28(33,34)35)24(20)29(36,37)38)25-18-11-14-5-1-2-6-15(14)12-19(18)26(40-39-25)22-13-16-7-3-4-8-21(16)41-22;1-15-10-19(13-22(28(30,31)32)25(15)29(33,34)35)26-20-11-16-6-2-3-7-17(16)12-21(20)27(37-36-26)24-14-18-8-4-5-9-23(18)38-24;1-15-10-21(25(29(33,34)35)22(11-15)28(30,31)32)26-19-12-16-6-2-3-7-17(16)13-20(19)27(37-36-26)24-14-18-8-4-5-9-23(18)38-24;;;/h1-12H;2*2-13H,1H3;;;/q3*-1;;;. The zero-order chi connectivity index (χ0) is 83.0. The third-order valence-corrected chi connectivity index (χ3v) is 19.3. The topological polar surface area (TPSA) is 117 Å². The third kappa shape index (κ3) is 16.5. The van der Waals surface area contributed by atoms with E-state index in [4.69, 9.17) is 13.3 Å². The molecule has 0 aliphatic carbocycles. The van der Waals surface area contributed by atoms with Crippen LogP contribution >= 0.6 is 0 Å². The van der Waals surface area contributed by atoms with Crippen LogP contribution in [0.3, 0.4) is 0 Å². The van der Waals surface area contributed by atoms with Gasteiger partial charge in [0.15, 0.2) is 0 Å². The summed E-state index contributed by atoms with van der Waals surface area (Å²) in [5.74, 6) is 0.553. The quantitative estimate of drug-likeness (QED) is 0.0911. The Hall–Kier alpha value is -11.5. The van der Waals surface area contributed by atoms with E-state index in [0.717, 1.165) is 35.2 Å². The molecule has 18 rings (SSSR count). The molecule has 6 heterocycles. The SMILES string of the molecule is Cc1cc(-c2nnc(-c3[c-]c4ccccc4o3)c3cc4ccccc4cc23)c(C(F)(F)F)c(C(F)(F)F)c1.Cc1cc(-c2nnc(-c3[c-]c4ccccc4o3)c3cc4ccccc4cc23)cc(C(F)(F)F)c1C(F)(F)F.FC(F)(F)c1ccc(-c2nnc(-c3[c-]c4ccccc4o3)c3cc4ccccc4cc23)c(C(F)(F)F)c1C(F)(F)F.[Ir].[Ir].[Ir]. The number of hydrogen-bond acceptors (Lipinski definition) is 9. The Kier molecular flexibility index (Phi) is 23.0. The predicted molar refractivity (Wildman–Crippen MR) is 394 cm³/mol. The van der Waals surface area contributed by atoms with Gasteiger partial charge in [-0.15, -0.1) is 52.6 Å². The number of alkyl halides is 21. The second-order valence-corrected chi connectivity index (χ2v) is 26.9. The van der Waals surface area contributed by atoms with Crippen LogP contribution in [0.5, 0.6) is 0 Å². The van der Waals surface area contributed by atoms with Crippen molar-refractivity contribution in [1.29, 1.82) is 0 Å². The largest absolute Gasteiger partial charge is 0.518 e. The van der Waals surface area contributed by atoms with E-state index < -0.39 is 105 Å². The van der Waals surface area contributed by atoms with Gasteiger partial charge < -0.3 is 13.3 Å². The van der Waals surface area contributed by atoms with E-state index in [1.165, 1.54) is 13.0 Å². The van der Waals surface area contributed by atoms with Crippen molar-refractivity contribution in [3.8, 4) is 68.1 Å². The number of halogens is 21. The van der Waals surface area contributed by atoms with Crippen LogP contribution in [-0.4, -0.2) is 30.6 Å². The van der Waals surface area contributed by atoms with Crippen molar-refractivity contribution in [1.82, 2.24) is 30.6 Å². The van der Waals surface area contributed by atoms with Crippen molar-refractivity contribution in [3.63, 3.8) is 0 Å². The van der Waals surface area contributed by atoms with Crippen LogP contribution < -0.4 is 0 Å². The minimum absolute atomic E-state index is 0. The maximum atomic E-state index is 14.3. The van der Waals surface area contributed by atoms with Gasteiger partial charge in [-0.25, -0.2) is 0 Å². The molecule has 0 aliphatic rings. The summed E-state index contributed by atoms with van der Waals surface area (Å²) < 4.78 is 309. The Balaban J connectivity index is 0.000000154. The summed E-state index contributed by atoms with van der Waals surface area (Å²) in [6, 6.07) is 64.6. The Labute approximate surface area is 701 Å². The molecule has 120 heavy (non-hydrogen) atoms. The zero-order valence-corrected chi connectivity index (χ0v) is 67.3. The van der Waals surface area contributed by atoms with Crippen molar-refractivity contribution in [2.75, 3.05) is 0 Å². The van der Waals surface area contributed by atoms with Gasteiger partial charge >= 0.3 is 43.2 Å². The molecule has 0 unspecified atom stereocenters. The van der Waals surface area contributed by atoms with Crippen LogP contribution in [0.4, 0.5) is 92.2 Å². The Bertz CT molecular complexity index is 6940. The molecule has 0 spiro atoms. The Morgan fingerprint density at radius 3 is 0.875 bits per heavy atom. The molecule has 12 aromatic carbocycles. The van der Waals surface area contributed by atoms with Crippen LogP contribution in [0.25, 0.3) is 166 Å². The molecule has 6 aromatic heterocycles. The van der Waals surface area contributed by atoms with Gasteiger partial charge in [0.05, 0.1) is 90.4 Å². The number of para-hydroxylation sites is 3. The van der Waals surface area contributed by atoms with E-state index >= 15 is 0 Å². The number of aryl methyl sites for hydroxylation is 2. The first kappa shape index (κ1) is 86.4. The summed E-state index contributed by atoms with van der Waals surface area (Å²) in [5, 5.41) is 32.2. The van der Waals surface area contributed by atoms with E-state index in [-0.39, 0.29) is 134 Å². The van der Waals surface area contributed by atoms with Gasteiger partial charge in [0.1, 0.15) is 0 Å². The summed E-state index contributed by atoms with van der Waals surface area (Å²) in [4.78, 5) is 0. The van der Waals surface area contributed by atoms with Crippen LogP contribution in [0.15, 0.2) is 232 Å². The Morgan fingerprint density at radius 1 is 0.250 bits per heavy atom. The van der Waals surface area contributed by atoms with Crippen LogP contribution in [-0.2, 0) is 104 Å². The maximum Gasteiger partial charge on any atom is 0.417 e. The number of benzene rings is 12. The molecule has 0 saturated heterocycles. The van der Waals surface area contributed by atoms with Gasteiger partial charge in [-0.1, -0.05) is 152 Å². The normalized spacial score (nSPS) is 12.4. The molecule has 18 aromatic rings. The summed E-state index contributed by atoms with van der Waals surface area (Å²) in [6.45, 7) is 2.31. The molecule has 615 valence electrons. The molecule has 0 fully saturated rings. The average Bonchev–Trinajstić information content (AvgIpc) is 0.827. The van der Waals surface area contributed by atoms with Crippen molar-refractivity contribution in [2.45, 2.75) is 57.1 Å². The van der Waals surface area contributed by atoms with E-state index in [9.17, 15) is 92.2 Å². The van der Waals surface area contributed by atoms with Gasteiger partial charge in [0.25, 0.3) is 0 Å². The van der Waals surface area contributed by atoms with Gasteiger partial charge in [0.2, 0.25) is 0 Å². The molecule has 0 amide bonds. The monoisotopic (exact) mass is 2200 g/mol. The number of fused-ring (bicyclic) bond motifs is 9. The minimum atomic E-state index is -6.00. The van der Waals surface area contributed by atoms with Crippen LogP contribution in [0.2, 0.25) is 0 Å². The maximum absolute atomic E-state index is 14.3. The number of hydrogen-bond donors (Lipinski definition) is 0. The first-order valence-corrected chi connectivity index (χ1v) is 34.5. The fraction of sp³-hybridized carbons (Fsp3) is 0.103. The van der Waals surface area contributed by atoms with Crippen LogP contribution in [0, 0.1) is 32.0 Å². The number of aromatic nitrogens is 6. The fourth-order valence-electron chi connectivity index (χ4n) is 14.4. The van der Waals surface area contributed by atoms with Crippen molar-refractivity contribution >= 4 is 97.5 Å². The second kappa shape index (κ2) is 31.9. The van der Waals surface area contributed by atoms with E-state index in [1.54, 1.807) is 140 Å². The Morgan fingerprint density at radius 2 is 0.542 bits per heavy atom. The van der Waals surface area contributed by atoms with Crippen molar-refractivity contribution in [3.05, 3.63) is 287 Å². The molecule has 33 heteroatoms. The first-order chi connectivity index (χ1) is 55.2. The van der Waals surface area contributed by atoms with Gasteiger partial charge in [-0.3, -0.25) is 0 Å². The summed E-state index contributed by atoms with van der Waals surface area (Å²) in [7, 11) is 0. The van der Waals surface area contributed by atoms with Crippen molar-refractivity contribution < 1.29 is 166 Å². The third-order valence-electron chi connectivity index (χ3n) is 19.3. The van der Waals surface area contributed by atoms with E-state index in [0.29, 0.717) is 89.1 Å². The van der Waals surface area contributed by atoms with E-state index in [2.05, 4.69) is 48.8 Å². The molecular weight excluding hydrogens is 2150 g/mol. The van der Waals surface area contributed by atoms with Gasteiger partial charge in [-0.2, -0.15) is 123 Å². The molecule has 0 atom stereocenters.